The van der Waals surface area contributed by atoms with Gasteiger partial charge in [-0.15, -0.1) is 0 Å². The van der Waals surface area contributed by atoms with E-state index in [4.69, 9.17) is 0 Å². The maximum atomic E-state index is 13.4. The van der Waals surface area contributed by atoms with Gasteiger partial charge in [0.1, 0.15) is 5.82 Å². The highest BCUT2D eigenvalue weighted by molar-refractivity contribution is 5.94. The van der Waals surface area contributed by atoms with E-state index in [1.54, 1.807) is 13.0 Å². The first-order chi connectivity index (χ1) is 8.54. The molecule has 1 N–H and O–H groups in total. The molecule has 0 fully saturated rings. The Hall–Kier alpha value is -1.91. The van der Waals surface area contributed by atoms with E-state index in [0.29, 0.717) is 13.0 Å². The van der Waals surface area contributed by atoms with E-state index in [0.717, 1.165) is 5.56 Å². The van der Waals surface area contributed by atoms with E-state index in [2.05, 4.69) is 10.1 Å². The zero-order valence-electron chi connectivity index (χ0n) is 10.5. The molecule has 5 heteroatoms. The molecule has 4 nitrogen and oxygen atoms in total. The molecule has 1 amide bonds. The van der Waals surface area contributed by atoms with Crippen molar-refractivity contribution in [3.8, 4) is 0 Å². The fraction of sp³-hybridized carbons (Fsp3) is 0.385. The molecule has 1 rings (SSSR count). The van der Waals surface area contributed by atoms with Crippen molar-refractivity contribution in [2.45, 2.75) is 19.8 Å². The largest absolute Gasteiger partial charge is 0.469 e. The van der Waals surface area contributed by atoms with Crippen LogP contribution in [0.3, 0.4) is 0 Å². The number of esters is 1. The monoisotopic (exact) mass is 253 g/mol. The molecule has 0 aliphatic carbocycles. The Morgan fingerprint density at radius 3 is 2.78 bits per heavy atom. The molecule has 18 heavy (non-hydrogen) atoms. The van der Waals surface area contributed by atoms with Crippen molar-refractivity contribution in [3.63, 3.8) is 0 Å². The van der Waals surface area contributed by atoms with E-state index in [1.165, 1.54) is 19.2 Å². The molecule has 0 saturated carbocycles. The summed E-state index contributed by atoms with van der Waals surface area (Å²) in [6, 6.07) is 4.35. The van der Waals surface area contributed by atoms with Crippen molar-refractivity contribution in [1.82, 2.24) is 5.32 Å². The van der Waals surface area contributed by atoms with E-state index in [1.807, 2.05) is 0 Å². The number of nitrogens with one attached hydrogen (secondary N) is 1. The molecule has 0 aliphatic rings. The van der Waals surface area contributed by atoms with Crippen LogP contribution in [0.5, 0.6) is 0 Å². The second-order valence-electron chi connectivity index (χ2n) is 3.92. The second-order valence-corrected chi connectivity index (χ2v) is 3.92. The molecule has 1 aromatic rings. The minimum atomic E-state index is -0.550. The lowest BCUT2D eigenvalue weighted by molar-refractivity contribution is -0.140. The maximum absolute atomic E-state index is 13.4. The lowest BCUT2D eigenvalue weighted by Gasteiger charge is -2.06. The van der Waals surface area contributed by atoms with Crippen LogP contribution >= 0.6 is 0 Å². The van der Waals surface area contributed by atoms with Crippen molar-refractivity contribution >= 4 is 11.9 Å². The number of carbonyl (C=O) groups is 2. The molecular weight excluding hydrogens is 237 g/mol. The topological polar surface area (TPSA) is 55.4 Å². The minimum absolute atomic E-state index is 0.0214. The Morgan fingerprint density at radius 2 is 2.11 bits per heavy atom. The van der Waals surface area contributed by atoms with Crippen LogP contribution in [0.4, 0.5) is 4.39 Å². The SMILES string of the molecule is COC(=O)CCCNC(=O)c1cc(C)ccc1F. The van der Waals surface area contributed by atoms with Crippen molar-refractivity contribution in [2.24, 2.45) is 0 Å². The maximum Gasteiger partial charge on any atom is 0.305 e. The fourth-order valence-electron chi connectivity index (χ4n) is 1.45. The third-order valence-electron chi connectivity index (χ3n) is 2.44. The summed E-state index contributed by atoms with van der Waals surface area (Å²) in [5.74, 6) is -1.35. The fourth-order valence-corrected chi connectivity index (χ4v) is 1.45. The summed E-state index contributed by atoms with van der Waals surface area (Å²) in [7, 11) is 1.31. The van der Waals surface area contributed by atoms with Gasteiger partial charge in [0.25, 0.3) is 5.91 Å². The smallest absolute Gasteiger partial charge is 0.305 e. The molecular formula is C13H16FNO3. The van der Waals surface area contributed by atoms with Gasteiger partial charge in [-0.3, -0.25) is 9.59 Å². The van der Waals surface area contributed by atoms with Crippen molar-refractivity contribution in [2.75, 3.05) is 13.7 Å². The summed E-state index contributed by atoms with van der Waals surface area (Å²) in [6.07, 6.45) is 0.693. The second kappa shape index (κ2) is 6.74. The summed E-state index contributed by atoms with van der Waals surface area (Å²) >= 11 is 0. The third kappa shape index (κ3) is 4.16. The lowest BCUT2D eigenvalue weighted by Crippen LogP contribution is -2.26. The average Bonchev–Trinajstić information content (AvgIpc) is 2.36. The highest BCUT2D eigenvalue weighted by Crippen LogP contribution is 2.09. The van der Waals surface area contributed by atoms with Crippen LogP contribution in [-0.2, 0) is 9.53 Å². The standard InChI is InChI=1S/C13H16FNO3/c1-9-5-6-11(14)10(8-9)13(17)15-7-3-4-12(16)18-2/h5-6,8H,3-4,7H2,1-2H3,(H,15,17). The summed E-state index contributed by atoms with van der Waals surface area (Å²) < 4.78 is 17.8. The number of ether oxygens (including phenoxy) is 1. The highest BCUT2D eigenvalue weighted by atomic mass is 19.1. The number of benzene rings is 1. The molecule has 0 aromatic heterocycles. The molecule has 0 unspecified atom stereocenters. The first-order valence-electron chi connectivity index (χ1n) is 5.65. The van der Waals surface area contributed by atoms with E-state index >= 15 is 0 Å². The van der Waals surface area contributed by atoms with Gasteiger partial charge in [-0.05, 0) is 25.5 Å². The van der Waals surface area contributed by atoms with Crippen molar-refractivity contribution < 1.29 is 18.7 Å². The third-order valence-corrected chi connectivity index (χ3v) is 2.44. The van der Waals surface area contributed by atoms with Gasteiger partial charge in [-0.25, -0.2) is 4.39 Å². The zero-order valence-corrected chi connectivity index (χ0v) is 10.5. The van der Waals surface area contributed by atoms with Crippen LogP contribution in [0.25, 0.3) is 0 Å². The number of hydrogen-bond donors (Lipinski definition) is 1. The number of aryl methyl sites for hydroxylation is 1. The normalized spacial score (nSPS) is 9.94. The number of methoxy groups -OCH3 is 1. The summed E-state index contributed by atoms with van der Waals surface area (Å²) in [5, 5.41) is 2.56. The highest BCUT2D eigenvalue weighted by Gasteiger charge is 2.11. The van der Waals surface area contributed by atoms with Gasteiger partial charge < -0.3 is 10.1 Å². The van der Waals surface area contributed by atoms with Crippen LogP contribution in [0.1, 0.15) is 28.8 Å². The van der Waals surface area contributed by atoms with Gasteiger partial charge in [0.2, 0.25) is 0 Å². The van der Waals surface area contributed by atoms with Gasteiger partial charge >= 0.3 is 5.97 Å². The summed E-state index contributed by atoms with van der Waals surface area (Å²) in [5.41, 5.74) is 0.837. The molecule has 0 bridgehead atoms. The Morgan fingerprint density at radius 1 is 1.39 bits per heavy atom. The van der Waals surface area contributed by atoms with Crippen LogP contribution < -0.4 is 5.32 Å². The van der Waals surface area contributed by atoms with E-state index in [-0.39, 0.29) is 18.0 Å². The van der Waals surface area contributed by atoms with Crippen LogP contribution in [0.2, 0.25) is 0 Å². The van der Waals surface area contributed by atoms with Crippen LogP contribution in [-0.4, -0.2) is 25.5 Å². The Bertz CT molecular complexity index is 446. The molecule has 98 valence electrons. The number of rotatable bonds is 5. The predicted molar refractivity (Wildman–Crippen MR) is 64.7 cm³/mol. The Balaban J connectivity index is 2.46. The van der Waals surface area contributed by atoms with Gasteiger partial charge in [0.05, 0.1) is 12.7 Å². The molecule has 0 heterocycles. The van der Waals surface area contributed by atoms with E-state index in [9.17, 15) is 14.0 Å². The zero-order chi connectivity index (χ0) is 13.5. The molecule has 0 radical (unpaired) electrons. The quantitative estimate of drug-likeness (QED) is 0.643. The lowest BCUT2D eigenvalue weighted by atomic mass is 10.1. The molecule has 0 aliphatic heterocycles. The molecule has 0 atom stereocenters. The number of halogens is 1. The summed E-state index contributed by atoms with van der Waals surface area (Å²) in [4.78, 5) is 22.5. The first kappa shape index (κ1) is 14.2. The number of hydrogen-bond acceptors (Lipinski definition) is 3. The van der Waals surface area contributed by atoms with Gasteiger partial charge in [-0.2, -0.15) is 0 Å². The Kier molecular flexibility index (Phi) is 5.30. The van der Waals surface area contributed by atoms with Crippen molar-refractivity contribution in [3.05, 3.63) is 35.1 Å². The van der Waals surface area contributed by atoms with Gasteiger partial charge in [0.15, 0.2) is 0 Å². The minimum Gasteiger partial charge on any atom is -0.469 e. The molecule has 0 saturated heterocycles. The van der Waals surface area contributed by atoms with Gasteiger partial charge in [-0.1, -0.05) is 11.6 Å². The van der Waals surface area contributed by atoms with E-state index < -0.39 is 11.7 Å². The summed E-state index contributed by atoms with van der Waals surface area (Å²) in [6.45, 7) is 2.09. The average molecular weight is 253 g/mol. The predicted octanol–water partition coefficient (Wildman–Crippen LogP) is 1.82. The van der Waals surface area contributed by atoms with Gasteiger partial charge in [0, 0.05) is 13.0 Å². The molecule has 1 aromatic carbocycles. The first-order valence-corrected chi connectivity index (χ1v) is 5.65. The van der Waals surface area contributed by atoms with Crippen molar-refractivity contribution in [1.29, 1.82) is 0 Å². The molecule has 0 spiro atoms. The Labute approximate surface area is 105 Å². The number of carbonyl (C=O) groups excluding carboxylic acids is 2. The van der Waals surface area contributed by atoms with Crippen LogP contribution in [0.15, 0.2) is 18.2 Å². The number of amides is 1. The van der Waals surface area contributed by atoms with Crippen LogP contribution in [0, 0.1) is 12.7 Å².